The van der Waals surface area contributed by atoms with Gasteiger partial charge in [0.25, 0.3) is 5.91 Å². The van der Waals surface area contributed by atoms with E-state index >= 15 is 0 Å². The maximum absolute atomic E-state index is 12.2. The van der Waals surface area contributed by atoms with Gasteiger partial charge in [-0.25, -0.2) is 0 Å². The number of aryl methyl sites for hydroxylation is 1. The third-order valence-corrected chi connectivity index (χ3v) is 5.67. The van der Waals surface area contributed by atoms with Crippen molar-refractivity contribution in [2.45, 2.75) is 57.7 Å². The van der Waals surface area contributed by atoms with Gasteiger partial charge in [-0.2, -0.15) is 0 Å². The van der Waals surface area contributed by atoms with Gasteiger partial charge in [0.2, 0.25) is 5.91 Å². The molecule has 2 amide bonds. The lowest BCUT2D eigenvalue weighted by molar-refractivity contribution is -0.129. The van der Waals surface area contributed by atoms with Crippen molar-refractivity contribution < 1.29 is 9.59 Å². The van der Waals surface area contributed by atoms with E-state index in [1.165, 1.54) is 0 Å². The van der Waals surface area contributed by atoms with E-state index in [2.05, 4.69) is 20.2 Å². The van der Waals surface area contributed by atoms with Gasteiger partial charge >= 0.3 is 0 Å². The van der Waals surface area contributed by atoms with Gasteiger partial charge in [0.05, 0.1) is 5.69 Å². The van der Waals surface area contributed by atoms with E-state index in [0.717, 1.165) is 50.3 Å². The molecule has 126 valence electrons. The molecule has 1 aliphatic carbocycles. The van der Waals surface area contributed by atoms with Gasteiger partial charge in [-0.05, 0) is 44.1 Å². The van der Waals surface area contributed by atoms with Gasteiger partial charge in [-0.15, -0.1) is 5.10 Å². The van der Waals surface area contributed by atoms with Crippen LogP contribution in [0.3, 0.4) is 0 Å². The van der Waals surface area contributed by atoms with Crippen LogP contribution in [0.5, 0.6) is 0 Å². The average Bonchev–Trinajstić information content (AvgIpc) is 2.95. The number of aromatic nitrogens is 2. The van der Waals surface area contributed by atoms with Crippen LogP contribution in [0.25, 0.3) is 0 Å². The summed E-state index contributed by atoms with van der Waals surface area (Å²) in [6.45, 7) is 5.07. The number of nitrogens with one attached hydrogen (secondary N) is 2. The standard InChI is InChI=1S/C15H23N5O2S/c1-9-14(23-19-18-9)15(22)17-13-4-3-12(13)16-11-5-7-20(8-6-11)10(2)21/h11-13,16H,3-8H2,1-2H3,(H,17,22)/t12-,13+/m1/s1. The second-order valence-electron chi connectivity index (χ2n) is 6.40. The van der Waals surface area contributed by atoms with Gasteiger partial charge in [-0.3, -0.25) is 9.59 Å². The van der Waals surface area contributed by atoms with Crippen LogP contribution in [-0.4, -0.2) is 57.5 Å². The van der Waals surface area contributed by atoms with Gasteiger partial charge in [0.1, 0.15) is 4.88 Å². The largest absolute Gasteiger partial charge is 0.347 e. The van der Waals surface area contributed by atoms with E-state index in [9.17, 15) is 9.59 Å². The predicted octanol–water partition coefficient (Wildman–Crippen LogP) is 0.708. The summed E-state index contributed by atoms with van der Waals surface area (Å²) in [5, 5.41) is 10.6. The Bertz CT molecular complexity index is 582. The number of likely N-dealkylation sites (tertiary alicyclic amines) is 1. The normalized spacial score (nSPS) is 25.0. The topological polar surface area (TPSA) is 87.2 Å². The molecule has 0 radical (unpaired) electrons. The first-order valence-electron chi connectivity index (χ1n) is 8.16. The van der Waals surface area contributed by atoms with Gasteiger partial charge < -0.3 is 15.5 Å². The summed E-state index contributed by atoms with van der Waals surface area (Å²) >= 11 is 1.14. The molecule has 2 aliphatic rings. The number of hydrogen-bond acceptors (Lipinski definition) is 6. The molecule has 2 fully saturated rings. The van der Waals surface area contributed by atoms with Crippen molar-refractivity contribution in [3.63, 3.8) is 0 Å². The minimum absolute atomic E-state index is 0.0691. The van der Waals surface area contributed by atoms with E-state index in [-0.39, 0.29) is 17.9 Å². The molecule has 2 N–H and O–H groups in total. The second kappa shape index (κ2) is 6.92. The quantitative estimate of drug-likeness (QED) is 0.845. The monoisotopic (exact) mass is 337 g/mol. The summed E-state index contributed by atoms with van der Waals surface area (Å²) in [4.78, 5) is 26.1. The fourth-order valence-corrected chi connectivity index (χ4v) is 3.77. The van der Waals surface area contributed by atoms with E-state index in [1.807, 2.05) is 4.90 Å². The van der Waals surface area contributed by atoms with Crippen molar-refractivity contribution in [1.82, 2.24) is 25.1 Å². The van der Waals surface area contributed by atoms with Crippen LogP contribution >= 0.6 is 11.5 Å². The fraction of sp³-hybridized carbons (Fsp3) is 0.733. The minimum atomic E-state index is -0.0691. The molecule has 0 aromatic carbocycles. The smallest absolute Gasteiger partial charge is 0.265 e. The lowest BCUT2D eigenvalue weighted by atomic mass is 9.85. The molecule has 1 saturated carbocycles. The van der Waals surface area contributed by atoms with Crippen molar-refractivity contribution in [1.29, 1.82) is 0 Å². The SMILES string of the molecule is CC(=O)N1CCC(N[C@@H]2CC[C@@H]2NC(=O)c2snnc2C)CC1. The first-order chi connectivity index (χ1) is 11.0. The number of carbonyl (C=O) groups excluding carboxylic acids is 2. The average molecular weight is 337 g/mol. The Hall–Kier alpha value is -1.54. The number of rotatable bonds is 4. The molecule has 1 aliphatic heterocycles. The Morgan fingerprint density at radius 2 is 1.87 bits per heavy atom. The van der Waals surface area contributed by atoms with Gasteiger partial charge in [0, 0.05) is 38.1 Å². The van der Waals surface area contributed by atoms with Crippen LogP contribution in [0.1, 0.15) is 48.0 Å². The van der Waals surface area contributed by atoms with Crippen molar-refractivity contribution >= 4 is 23.3 Å². The van der Waals surface area contributed by atoms with Crippen molar-refractivity contribution in [2.75, 3.05) is 13.1 Å². The van der Waals surface area contributed by atoms with Gasteiger partial charge in [0.15, 0.2) is 0 Å². The summed E-state index contributed by atoms with van der Waals surface area (Å²) in [7, 11) is 0. The predicted molar refractivity (Wildman–Crippen MR) is 87.3 cm³/mol. The maximum atomic E-state index is 12.2. The van der Waals surface area contributed by atoms with Crippen LogP contribution in [0.15, 0.2) is 0 Å². The second-order valence-corrected chi connectivity index (χ2v) is 7.15. The zero-order valence-electron chi connectivity index (χ0n) is 13.5. The highest BCUT2D eigenvalue weighted by Crippen LogP contribution is 2.23. The van der Waals surface area contributed by atoms with Crippen molar-refractivity contribution in [3.05, 3.63) is 10.6 Å². The summed E-state index contributed by atoms with van der Waals surface area (Å²) < 4.78 is 3.81. The number of nitrogens with zero attached hydrogens (tertiary/aromatic N) is 3. The highest BCUT2D eigenvalue weighted by Gasteiger charge is 2.35. The highest BCUT2D eigenvalue weighted by molar-refractivity contribution is 7.08. The molecular formula is C15H23N5O2S. The Morgan fingerprint density at radius 3 is 2.39 bits per heavy atom. The number of carbonyl (C=O) groups is 2. The molecule has 0 unspecified atom stereocenters. The lowest BCUT2D eigenvalue weighted by Crippen LogP contribution is -2.60. The van der Waals surface area contributed by atoms with E-state index in [4.69, 9.17) is 0 Å². The molecule has 8 heteroatoms. The molecule has 0 bridgehead atoms. The van der Waals surface area contributed by atoms with Crippen LogP contribution in [0, 0.1) is 6.92 Å². The lowest BCUT2D eigenvalue weighted by Gasteiger charge is -2.42. The molecule has 2 heterocycles. The van der Waals surface area contributed by atoms with E-state index in [1.54, 1.807) is 13.8 Å². The zero-order valence-corrected chi connectivity index (χ0v) is 14.4. The van der Waals surface area contributed by atoms with E-state index in [0.29, 0.717) is 22.7 Å². The van der Waals surface area contributed by atoms with Crippen molar-refractivity contribution in [2.24, 2.45) is 0 Å². The first kappa shape index (κ1) is 16.3. The van der Waals surface area contributed by atoms with Crippen molar-refractivity contribution in [3.8, 4) is 0 Å². The molecule has 3 rings (SSSR count). The van der Waals surface area contributed by atoms with Crippen LogP contribution in [0.4, 0.5) is 0 Å². The molecule has 1 aromatic rings. The summed E-state index contributed by atoms with van der Waals surface area (Å²) in [5.41, 5.74) is 0.688. The summed E-state index contributed by atoms with van der Waals surface area (Å²) in [6.07, 6.45) is 4.04. The number of hydrogen-bond donors (Lipinski definition) is 2. The van der Waals surface area contributed by atoms with E-state index < -0.39 is 0 Å². The third-order valence-electron chi connectivity index (χ3n) is 4.84. The molecule has 23 heavy (non-hydrogen) atoms. The fourth-order valence-electron chi connectivity index (χ4n) is 3.21. The Balaban J connectivity index is 1.46. The zero-order chi connectivity index (χ0) is 16.4. The number of amides is 2. The number of piperidine rings is 1. The molecule has 1 saturated heterocycles. The third kappa shape index (κ3) is 3.69. The Morgan fingerprint density at radius 1 is 1.17 bits per heavy atom. The molecule has 1 aromatic heterocycles. The Labute approximate surface area is 140 Å². The van der Waals surface area contributed by atoms with Crippen LogP contribution in [-0.2, 0) is 4.79 Å². The summed E-state index contributed by atoms with van der Waals surface area (Å²) in [5.74, 6) is 0.0890. The van der Waals surface area contributed by atoms with Crippen LogP contribution < -0.4 is 10.6 Å². The molecule has 2 atom stereocenters. The molecule has 7 nitrogen and oxygen atoms in total. The maximum Gasteiger partial charge on any atom is 0.265 e. The highest BCUT2D eigenvalue weighted by atomic mass is 32.1. The minimum Gasteiger partial charge on any atom is -0.347 e. The first-order valence-corrected chi connectivity index (χ1v) is 8.93. The summed E-state index contributed by atoms with van der Waals surface area (Å²) in [6, 6.07) is 0.936. The van der Waals surface area contributed by atoms with Crippen LogP contribution in [0.2, 0.25) is 0 Å². The molecule has 0 spiro atoms. The Kier molecular flexibility index (Phi) is 4.91. The molecular weight excluding hydrogens is 314 g/mol. The van der Waals surface area contributed by atoms with Gasteiger partial charge in [-0.1, -0.05) is 4.49 Å².